The molecule has 1 aliphatic rings. The Hall–Kier alpha value is -2.61. The lowest BCUT2D eigenvalue weighted by Crippen LogP contribution is -2.63. The standard InChI is InChI=1S/C17H15ClN3O4/c18-15-16(12-7-4-8-13(10-12)21(24)25)20(17(15)23)19-14(22)9-11-5-2-1-3-6-11/h1-8,10,15-16,24H,9H2,(H,19,22)/q-1. The number of nitrogens with zero attached hydrogens (tertiary/aromatic N) is 2. The van der Waals surface area contributed by atoms with Gasteiger partial charge in [-0.15, -0.1) is 11.6 Å². The van der Waals surface area contributed by atoms with Gasteiger partial charge in [-0.05, 0) is 23.3 Å². The van der Waals surface area contributed by atoms with Crippen LogP contribution < -0.4 is 10.7 Å². The average Bonchev–Trinajstić information content (AvgIpc) is 2.62. The summed E-state index contributed by atoms with van der Waals surface area (Å²) >= 11 is 6.07. The fraction of sp³-hybridized carbons (Fsp3) is 0.176. The summed E-state index contributed by atoms with van der Waals surface area (Å²) in [5.41, 5.74) is 3.91. The maximum atomic E-state index is 12.2. The minimum absolute atomic E-state index is 0.0104. The molecule has 2 N–H and O–H groups in total. The Labute approximate surface area is 148 Å². The minimum atomic E-state index is -0.855. The van der Waals surface area contributed by atoms with Gasteiger partial charge >= 0.3 is 0 Å². The fourth-order valence-corrected chi connectivity index (χ4v) is 3.04. The molecule has 7 nitrogen and oxygen atoms in total. The summed E-state index contributed by atoms with van der Waals surface area (Å²) in [6, 6.07) is 14.6. The highest BCUT2D eigenvalue weighted by molar-refractivity contribution is 6.33. The maximum absolute atomic E-state index is 12.2. The van der Waals surface area contributed by atoms with Crippen molar-refractivity contribution < 1.29 is 14.8 Å². The predicted octanol–water partition coefficient (Wildman–Crippen LogP) is 2.14. The van der Waals surface area contributed by atoms with Gasteiger partial charge in [-0.2, -0.15) is 0 Å². The van der Waals surface area contributed by atoms with Gasteiger partial charge in [0.05, 0.1) is 12.1 Å². The van der Waals surface area contributed by atoms with Crippen molar-refractivity contribution in [3.63, 3.8) is 0 Å². The van der Waals surface area contributed by atoms with Gasteiger partial charge in [-0.3, -0.25) is 20.2 Å². The third kappa shape index (κ3) is 3.58. The van der Waals surface area contributed by atoms with Crippen LogP contribution in [0.3, 0.4) is 0 Å². The van der Waals surface area contributed by atoms with Crippen molar-refractivity contribution in [2.24, 2.45) is 0 Å². The van der Waals surface area contributed by atoms with Crippen LogP contribution in [-0.4, -0.2) is 27.4 Å². The van der Waals surface area contributed by atoms with Gasteiger partial charge in [-0.1, -0.05) is 42.5 Å². The summed E-state index contributed by atoms with van der Waals surface area (Å²) in [5.74, 6) is -0.779. The fourth-order valence-electron chi connectivity index (χ4n) is 2.68. The number of benzene rings is 2. The molecule has 2 aromatic rings. The summed E-state index contributed by atoms with van der Waals surface area (Å²) in [6.45, 7) is 0. The molecule has 3 rings (SSSR count). The molecule has 2 unspecified atom stereocenters. The number of anilines is 1. The van der Waals surface area contributed by atoms with E-state index in [9.17, 15) is 14.8 Å². The third-order valence-electron chi connectivity index (χ3n) is 3.91. The Morgan fingerprint density at radius 1 is 1.24 bits per heavy atom. The number of amides is 2. The van der Waals surface area contributed by atoms with Crippen LogP contribution in [0.2, 0.25) is 0 Å². The monoisotopic (exact) mass is 360 g/mol. The quantitative estimate of drug-likeness (QED) is 0.484. The van der Waals surface area contributed by atoms with Gasteiger partial charge in [0.1, 0.15) is 11.4 Å². The maximum Gasteiger partial charge on any atom is 0.262 e. The second-order valence-electron chi connectivity index (χ2n) is 5.62. The first-order valence-electron chi connectivity index (χ1n) is 7.54. The number of carbonyl (C=O) groups excluding carboxylic acids is 2. The molecule has 0 bridgehead atoms. The van der Waals surface area contributed by atoms with Gasteiger partial charge in [0.25, 0.3) is 5.91 Å². The average molecular weight is 361 g/mol. The normalized spacial score (nSPS) is 19.3. The SMILES string of the molecule is O=C(Cc1ccccc1)NN1C(=O)C(Cl)C1c1cccc(N([O-])O)c1. The van der Waals surface area contributed by atoms with Crippen molar-refractivity contribution in [1.82, 2.24) is 10.4 Å². The van der Waals surface area contributed by atoms with E-state index in [4.69, 9.17) is 16.8 Å². The molecule has 25 heavy (non-hydrogen) atoms. The van der Waals surface area contributed by atoms with Gasteiger partial charge < -0.3 is 10.4 Å². The number of carbonyl (C=O) groups is 2. The van der Waals surface area contributed by atoms with Gasteiger partial charge in [0.2, 0.25) is 5.91 Å². The summed E-state index contributed by atoms with van der Waals surface area (Å²) in [7, 11) is 0. The van der Waals surface area contributed by atoms with Crippen molar-refractivity contribution in [2.75, 3.05) is 5.23 Å². The molecule has 0 saturated carbocycles. The van der Waals surface area contributed by atoms with E-state index in [1.165, 1.54) is 12.1 Å². The van der Waals surface area contributed by atoms with E-state index < -0.39 is 17.3 Å². The molecule has 130 valence electrons. The van der Waals surface area contributed by atoms with E-state index in [-0.39, 0.29) is 23.2 Å². The number of halogens is 1. The highest BCUT2D eigenvalue weighted by Gasteiger charge is 2.48. The largest absolute Gasteiger partial charge is 0.733 e. The number of hydrogen-bond donors (Lipinski definition) is 2. The number of alkyl halides is 1. The first-order valence-corrected chi connectivity index (χ1v) is 7.97. The molecule has 1 aliphatic heterocycles. The lowest BCUT2D eigenvalue weighted by atomic mass is 9.95. The molecule has 1 fully saturated rings. The third-order valence-corrected chi connectivity index (χ3v) is 4.34. The Morgan fingerprint density at radius 2 is 1.96 bits per heavy atom. The summed E-state index contributed by atoms with van der Waals surface area (Å²) in [5, 5.41) is 20.1. The van der Waals surface area contributed by atoms with Gasteiger partial charge in [0, 0.05) is 0 Å². The molecule has 0 spiro atoms. The van der Waals surface area contributed by atoms with Crippen LogP contribution in [-0.2, 0) is 16.0 Å². The molecule has 2 aromatic carbocycles. The lowest BCUT2D eigenvalue weighted by molar-refractivity contribution is -0.156. The van der Waals surface area contributed by atoms with Crippen LogP contribution in [0.4, 0.5) is 5.69 Å². The summed E-state index contributed by atoms with van der Waals surface area (Å²) in [4.78, 5) is 24.2. The molecule has 8 heteroatoms. The van der Waals surface area contributed by atoms with Gasteiger partial charge in [0.15, 0.2) is 0 Å². The Balaban J connectivity index is 1.73. The van der Waals surface area contributed by atoms with Crippen molar-refractivity contribution in [3.8, 4) is 0 Å². The number of hydrogen-bond acceptors (Lipinski definition) is 5. The van der Waals surface area contributed by atoms with Crippen LogP contribution in [0.1, 0.15) is 17.2 Å². The zero-order chi connectivity index (χ0) is 18.0. The van der Waals surface area contributed by atoms with E-state index in [0.717, 1.165) is 10.6 Å². The lowest BCUT2D eigenvalue weighted by Gasteiger charge is -2.44. The highest BCUT2D eigenvalue weighted by Crippen LogP contribution is 2.38. The minimum Gasteiger partial charge on any atom is -0.733 e. The van der Waals surface area contributed by atoms with Crippen LogP contribution in [0, 0.1) is 5.21 Å². The van der Waals surface area contributed by atoms with E-state index in [1.54, 1.807) is 12.1 Å². The van der Waals surface area contributed by atoms with Crippen molar-refractivity contribution in [2.45, 2.75) is 17.8 Å². The Morgan fingerprint density at radius 3 is 2.64 bits per heavy atom. The number of β-lactam (4-membered cyclic amide) rings is 1. The van der Waals surface area contributed by atoms with Crippen LogP contribution >= 0.6 is 11.6 Å². The highest BCUT2D eigenvalue weighted by atomic mass is 35.5. The summed E-state index contributed by atoms with van der Waals surface area (Å²) in [6.07, 6.45) is 0.120. The summed E-state index contributed by atoms with van der Waals surface area (Å²) < 4.78 is 0. The van der Waals surface area contributed by atoms with Crippen molar-refractivity contribution >= 4 is 29.1 Å². The topological polar surface area (TPSA) is 95.9 Å². The molecule has 2 atom stereocenters. The molecule has 0 aliphatic carbocycles. The zero-order valence-corrected chi connectivity index (χ0v) is 13.8. The van der Waals surface area contributed by atoms with E-state index in [2.05, 4.69) is 5.43 Å². The zero-order valence-electron chi connectivity index (χ0n) is 13.0. The number of hydrazine groups is 1. The predicted molar refractivity (Wildman–Crippen MR) is 91.6 cm³/mol. The molecule has 0 aromatic heterocycles. The second-order valence-corrected chi connectivity index (χ2v) is 6.09. The number of nitrogens with one attached hydrogen (secondary N) is 1. The molecular weight excluding hydrogens is 346 g/mol. The Bertz CT molecular complexity index is 784. The Kier molecular flexibility index (Phi) is 4.89. The molecule has 1 heterocycles. The molecule has 0 radical (unpaired) electrons. The molecular formula is C17H15ClN3O4-. The van der Waals surface area contributed by atoms with E-state index >= 15 is 0 Å². The molecule has 1 saturated heterocycles. The smallest absolute Gasteiger partial charge is 0.262 e. The van der Waals surface area contributed by atoms with Crippen LogP contribution in [0.5, 0.6) is 0 Å². The van der Waals surface area contributed by atoms with Crippen molar-refractivity contribution in [1.29, 1.82) is 0 Å². The first kappa shape index (κ1) is 17.2. The van der Waals surface area contributed by atoms with E-state index in [0.29, 0.717) is 5.56 Å². The van der Waals surface area contributed by atoms with Crippen molar-refractivity contribution in [3.05, 3.63) is 70.9 Å². The van der Waals surface area contributed by atoms with Crippen LogP contribution in [0.25, 0.3) is 0 Å². The van der Waals surface area contributed by atoms with Crippen LogP contribution in [0.15, 0.2) is 54.6 Å². The van der Waals surface area contributed by atoms with Gasteiger partial charge in [-0.25, -0.2) is 5.01 Å². The first-order chi connectivity index (χ1) is 12.0. The second kappa shape index (κ2) is 7.10. The van der Waals surface area contributed by atoms with E-state index in [1.807, 2.05) is 30.3 Å². The number of rotatable bonds is 5. The molecule has 2 amide bonds.